The normalized spacial score (nSPS) is 12.2. The zero-order valence-electron chi connectivity index (χ0n) is 22.3. The summed E-state index contributed by atoms with van der Waals surface area (Å²) in [6.45, 7) is 2.03. The van der Waals surface area contributed by atoms with Gasteiger partial charge in [-0.05, 0) is 61.5 Å². The number of sulfonamides is 1. The van der Waals surface area contributed by atoms with E-state index in [1.54, 1.807) is 66.7 Å². The lowest BCUT2D eigenvalue weighted by Gasteiger charge is -2.20. The SMILES string of the molecule is CCOc1ccc(S(=O)(=O)N(C)c2ccc(OCC(=O)n3nc4c5c(cccc53)C(=O)c3ccccc3-4)cc2)cc1. The molecule has 41 heavy (non-hydrogen) atoms. The van der Waals surface area contributed by atoms with E-state index in [9.17, 15) is 18.0 Å². The number of hydrogen-bond acceptors (Lipinski definition) is 7. The Morgan fingerprint density at radius 1 is 0.829 bits per heavy atom. The van der Waals surface area contributed by atoms with Gasteiger partial charge in [-0.1, -0.05) is 36.4 Å². The van der Waals surface area contributed by atoms with Crippen LogP contribution in [0.2, 0.25) is 0 Å². The van der Waals surface area contributed by atoms with Crippen molar-refractivity contribution in [2.45, 2.75) is 11.8 Å². The molecule has 1 aliphatic rings. The van der Waals surface area contributed by atoms with E-state index in [2.05, 4.69) is 5.10 Å². The van der Waals surface area contributed by atoms with Gasteiger partial charge in [-0.3, -0.25) is 13.9 Å². The summed E-state index contributed by atoms with van der Waals surface area (Å²) in [7, 11) is -2.33. The standard InChI is InChI=1S/C31H25N3O6S/c1-3-39-21-15-17-23(18-16-21)41(37,38)33(2)20-11-13-22(14-12-20)40-19-28(35)34-27-10-6-9-26-29(27)30(32-34)24-7-4-5-8-25(24)31(26)36/h4-18H,3,19H2,1-2H3. The number of ether oxygens (including phenoxy) is 2. The van der Waals surface area contributed by atoms with Gasteiger partial charge in [0.1, 0.15) is 17.2 Å². The summed E-state index contributed by atoms with van der Waals surface area (Å²) in [5.41, 5.74) is 3.29. The van der Waals surface area contributed by atoms with Crippen LogP contribution in [0.25, 0.3) is 22.2 Å². The highest BCUT2D eigenvalue weighted by Crippen LogP contribution is 2.38. The van der Waals surface area contributed by atoms with E-state index >= 15 is 0 Å². The van der Waals surface area contributed by atoms with Crippen molar-refractivity contribution in [3.05, 3.63) is 102 Å². The third-order valence-corrected chi connectivity index (χ3v) is 8.77. The lowest BCUT2D eigenvalue weighted by atomic mass is 9.87. The van der Waals surface area contributed by atoms with Crippen LogP contribution in [0.5, 0.6) is 11.5 Å². The summed E-state index contributed by atoms with van der Waals surface area (Å²) in [5, 5.41) is 5.21. The molecule has 5 aromatic rings. The Kier molecular flexibility index (Phi) is 6.55. The molecule has 0 amide bonds. The molecule has 10 heteroatoms. The van der Waals surface area contributed by atoms with Crippen LogP contribution in [-0.2, 0) is 10.0 Å². The van der Waals surface area contributed by atoms with Crippen LogP contribution in [0.4, 0.5) is 5.69 Å². The predicted octanol–water partition coefficient (Wildman–Crippen LogP) is 5.19. The van der Waals surface area contributed by atoms with E-state index in [-0.39, 0.29) is 17.3 Å². The average molecular weight is 568 g/mol. The molecule has 0 aliphatic heterocycles. The Morgan fingerprint density at radius 2 is 1.46 bits per heavy atom. The van der Waals surface area contributed by atoms with Crippen LogP contribution in [0, 0.1) is 0 Å². The second-order valence-electron chi connectivity index (χ2n) is 9.39. The monoisotopic (exact) mass is 567 g/mol. The fraction of sp³-hybridized carbons (Fsp3) is 0.129. The first-order valence-electron chi connectivity index (χ1n) is 12.9. The fourth-order valence-corrected chi connectivity index (χ4v) is 6.10. The zero-order chi connectivity index (χ0) is 28.7. The molecule has 1 aliphatic carbocycles. The summed E-state index contributed by atoms with van der Waals surface area (Å²) in [6, 6.07) is 25.1. The molecule has 0 fully saturated rings. The minimum Gasteiger partial charge on any atom is -0.494 e. The topological polar surface area (TPSA) is 108 Å². The van der Waals surface area contributed by atoms with Crippen molar-refractivity contribution in [3.8, 4) is 22.8 Å². The highest BCUT2D eigenvalue weighted by molar-refractivity contribution is 7.92. The quantitative estimate of drug-likeness (QED) is 0.249. The van der Waals surface area contributed by atoms with Gasteiger partial charge in [-0.25, -0.2) is 8.42 Å². The van der Waals surface area contributed by atoms with Gasteiger partial charge in [0.15, 0.2) is 12.4 Å². The molecule has 206 valence electrons. The summed E-state index contributed by atoms with van der Waals surface area (Å²) in [6.07, 6.45) is 0. The smallest absolute Gasteiger partial charge is 0.285 e. The minimum absolute atomic E-state index is 0.100. The maximum atomic E-state index is 13.2. The highest BCUT2D eigenvalue weighted by atomic mass is 32.2. The number of anilines is 1. The molecule has 0 unspecified atom stereocenters. The first-order valence-corrected chi connectivity index (χ1v) is 14.4. The largest absolute Gasteiger partial charge is 0.494 e. The summed E-state index contributed by atoms with van der Waals surface area (Å²) in [4.78, 5) is 26.4. The Morgan fingerprint density at radius 3 is 2.17 bits per heavy atom. The van der Waals surface area contributed by atoms with Gasteiger partial charge >= 0.3 is 0 Å². The van der Waals surface area contributed by atoms with Crippen LogP contribution in [0.1, 0.15) is 27.6 Å². The van der Waals surface area contributed by atoms with Gasteiger partial charge in [0.05, 0.1) is 22.7 Å². The Balaban J connectivity index is 1.19. The molecule has 6 rings (SSSR count). The van der Waals surface area contributed by atoms with E-state index in [1.165, 1.54) is 28.2 Å². The number of rotatable bonds is 8. The van der Waals surface area contributed by atoms with Crippen molar-refractivity contribution in [2.75, 3.05) is 24.6 Å². The van der Waals surface area contributed by atoms with Crippen LogP contribution in [0.3, 0.4) is 0 Å². The van der Waals surface area contributed by atoms with Crippen LogP contribution < -0.4 is 13.8 Å². The van der Waals surface area contributed by atoms with E-state index in [0.717, 1.165) is 0 Å². The van der Waals surface area contributed by atoms with Crippen LogP contribution in [-0.4, -0.2) is 50.2 Å². The maximum Gasteiger partial charge on any atom is 0.285 e. The minimum atomic E-state index is -3.80. The number of aromatic nitrogens is 2. The molecular weight excluding hydrogens is 542 g/mol. The zero-order valence-corrected chi connectivity index (χ0v) is 23.1. The van der Waals surface area contributed by atoms with Crippen molar-refractivity contribution in [1.82, 2.24) is 9.78 Å². The van der Waals surface area contributed by atoms with Crippen molar-refractivity contribution in [2.24, 2.45) is 0 Å². The van der Waals surface area contributed by atoms with Gasteiger partial charge in [0, 0.05) is 29.1 Å². The van der Waals surface area contributed by atoms with Gasteiger partial charge in [-0.2, -0.15) is 9.78 Å². The number of nitrogens with zero attached hydrogens (tertiary/aromatic N) is 3. The van der Waals surface area contributed by atoms with E-state index in [0.29, 0.717) is 57.1 Å². The Hall–Kier alpha value is -4.96. The summed E-state index contributed by atoms with van der Waals surface area (Å²) in [5.74, 6) is 0.466. The molecule has 9 nitrogen and oxygen atoms in total. The Labute approximate surface area is 236 Å². The van der Waals surface area contributed by atoms with Crippen molar-refractivity contribution in [3.63, 3.8) is 0 Å². The summed E-state index contributed by atoms with van der Waals surface area (Å²) >= 11 is 0. The molecule has 0 N–H and O–H groups in total. The molecule has 1 aromatic heterocycles. The van der Waals surface area contributed by atoms with Gasteiger partial charge in [-0.15, -0.1) is 0 Å². The number of hydrogen-bond donors (Lipinski definition) is 0. The van der Waals surface area contributed by atoms with Crippen molar-refractivity contribution < 1.29 is 27.5 Å². The average Bonchev–Trinajstić information content (AvgIpc) is 3.40. The molecule has 0 saturated carbocycles. The fourth-order valence-electron chi connectivity index (χ4n) is 4.90. The summed E-state index contributed by atoms with van der Waals surface area (Å²) < 4.78 is 39.8. The van der Waals surface area contributed by atoms with Crippen molar-refractivity contribution in [1.29, 1.82) is 0 Å². The first-order chi connectivity index (χ1) is 19.8. The van der Waals surface area contributed by atoms with Gasteiger partial charge in [0.2, 0.25) is 0 Å². The number of carbonyl (C=O) groups is 2. The first kappa shape index (κ1) is 26.3. The molecule has 1 heterocycles. The lowest BCUT2D eigenvalue weighted by Crippen LogP contribution is -2.26. The molecular formula is C31H25N3O6S. The highest BCUT2D eigenvalue weighted by Gasteiger charge is 2.29. The molecule has 0 spiro atoms. The number of benzene rings is 4. The number of fused-ring (bicyclic) bond motifs is 2. The third kappa shape index (κ3) is 4.52. The molecule has 0 atom stereocenters. The number of ketones is 1. The van der Waals surface area contributed by atoms with E-state index in [1.807, 2.05) is 19.1 Å². The maximum absolute atomic E-state index is 13.2. The Bertz CT molecular complexity index is 1910. The van der Waals surface area contributed by atoms with Gasteiger partial charge in [0.25, 0.3) is 15.9 Å². The second-order valence-corrected chi connectivity index (χ2v) is 11.4. The number of carbonyl (C=O) groups excluding carboxylic acids is 2. The molecule has 0 saturated heterocycles. The molecule has 0 bridgehead atoms. The third-order valence-electron chi connectivity index (χ3n) is 6.97. The molecule has 0 radical (unpaired) electrons. The van der Waals surface area contributed by atoms with Gasteiger partial charge < -0.3 is 9.47 Å². The second kappa shape index (κ2) is 10.2. The van der Waals surface area contributed by atoms with Crippen LogP contribution >= 0.6 is 0 Å². The predicted molar refractivity (Wildman–Crippen MR) is 154 cm³/mol. The molecule has 4 aromatic carbocycles. The van der Waals surface area contributed by atoms with E-state index < -0.39 is 15.9 Å². The van der Waals surface area contributed by atoms with Crippen LogP contribution in [0.15, 0.2) is 95.9 Å². The van der Waals surface area contributed by atoms with Crippen molar-refractivity contribution >= 4 is 38.3 Å². The van der Waals surface area contributed by atoms with E-state index in [4.69, 9.17) is 9.47 Å². The lowest BCUT2D eigenvalue weighted by molar-refractivity contribution is 0.0827.